The van der Waals surface area contributed by atoms with Gasteiger partial charge in [-0.1, -0.05) is 18.2 Å². The normalized spacial score (nSPS) is 20.7. The van der Waals surface area contributed by atoms with E-state index < -0.39 is 0 Å². The van der Waals surface area contributed by atoms with Gasteiger partial charge >= 0.3 is 0 Å². The lowest BCUT2D eigenvalue weighted by molar-refractivity contribution is 0.268. The minimum absolute atomic E-state index is 0.690. The summed E-state index contributed by atoms with van der Waals surface area (Å²) in [6.45, 7) is 8.15. The van der Waals surface area contributed by atoms with Crippen molar-refractivity contribution in [2.75, 3.05) is 25.4 Å². The Morgan fingerprint density at radius 3 is 2.78 bits per heavy atom. The number of nitrogens with zero attached hydrogens (tertiary/aromatic N) is 1. The van der Waals surface area contributed by atoms with Gasteiger partial charge in [-0.05, 0) is 38.9 Å². The quantitative estimate of drug-likeness (QED) is 0.628. The first kappa shape index (κ1) is 13.9. The summed E-state index contributed by atoms with van der Waals surface area (Å²) < 4.78 is 0. The minimum atomic E-state index is 0.690. The van der Waals surface area contributed by atoms with Crippen LogP contribution in [-0.2, 0) is 0 Å². The molecular formula is C15H24N2S. The van der Waals surface area contributed by atoms with Gasteiger partial charge in [-0.3, -0.25) is 4.90 Å². The first-order valence-electron chi connectivity index (χ1n) is 6.91. The van der Waals surface area contributed by atoms with Crippen LogP contribution >= 0.6 is 11.8 Å². The highest BCUT2D eigenvalue weighted by atomic mass is 32.2. The summed E-state index contributed by atoms with van der Waals surface area (Å²) in [6, 6.07) is 12.0. The second-order valence-corrected chi connectivity index (χ2v) is 6.36. The van der Waals surface area contributed by atoms with Crippen molar-refractivity contribution in [3.63, 3.8) is 0 Å². The second kappa shape index (κ2) is 7.17. The van der Waals surface area contributed by atoms with E-state index in [1.165, 1.54) is 24.4 Å². The van der Waals surface area contributed by atoms with Crippen LogP contribution in [0.25, 0.3) is 0 Å². The molecule has 1 aromatic carbocycles. The molecule has 1 fully saturated rings. The zero-order valence-corrected chi connectivity index (χ0v) is 12.2. The number of likely N-dealkylation sites (tertiary alicyclic amines) is 1. The van der Waals surface area contributed by atoms with Crippen molar-refractivity contribution in [3.05, 3.63) is 30.3 Å². The Morgan fingerprint density at radius 1 is 1.33 bits per heavy atom. The van der Waals surface area contributed by atoms with Gasteiger partial charge in [0.25, 0.3) is 0 Å². The van der Waals surface area contributed by atoms with E-state index in [9.17, 15) is 0 Å². The molecule has 0 aromatic heterocycles. The SMILES string of the molecule is CC(C)N1CCC(NCCSc2ccccc2)C1. The summed E-state index contributed by atoms with van der Waals surface area (Å²) >= 11 is 1.93. The van der Waals surface area contributed by atoms with Crippen molar-refractivity contribution >= 4 is 11.8 Å². The monoisotopic (exact) mass is 264 g/mol. The van der Waals surface area contributed by atoms with Crippen LogP contribution in [-0.4, -0.2) is 42.4 Å². The third kappa shape index (κ3) is 4.30. The summed E-state index contributed by atoms with van der Waals surface area (Å²) in [5.41, 5.74) is 0. The van der Waals surface area contributed by atoms with Gasteiger partial charge in [0, 0.05) is 35.8 Å². The van der Waals surface area contributed by atoms with E-state index in [0.717, 1.165) is 12.3 Å². The molecule has 2 nitrogen and oxygen atoms in total. The lowest BCUT2D eigenvalue weighted by Gasteiger charge is -2.20. The summed E-state index contributed by atoms with van der Waals surface area (Å²) in [4.78, 5) is 3.93. The fourth-order valence-electron chi connectivity index (χ4n) is 2.37. The molecule has 3 heteroatoms. The number of nitrogens with one attached hydrogen (secondary N) is 1. The lowest BCUT2D eigenvalue weighted by atomic mass is 10.3. The summed E-state index contributed by atoms with van der Waals surface area (Å²) in [7, 11) is 0. The van der Waals surface area contributed by atoms with Crippen LogP contribution in [0.5, 0.6) is 0 Å². The number of benzene rings is 1. The third-order valence-corrected chi connectivity index (χ3v) is 4.51. The lowest BCUT2D eigenvalue weighted by Crippen LogP contribution is -2.36. The number of hydrogen-bond acceptors (Lipinski definition) is 3. The number of thioether (sulfide) groups is 1. The average molecular weight is 264 g/mol. The van der Waals surface area contributed by atoms with Crippen LogP contribution in [0.15, 0.2) is 35.2 Å². The summed E-state index contributed by atoms with van der Waals surface area (Å²) in [5.74, 6) is 1.15. The number of rotatable bonds is 6. The van der Waals surface area contributed by atoms with Crippen molar-refractivity contribution in [3.8, 4) is 0 Å². The van der Waals surface area contributed by atoms with E-state index in [1.54, 1.807) is 0 Å². The molecule has 0 spiro atoms. The molecule has 1 aromatic rings. The molecule has 0 aliphatic carbocycles. The van der Waals surface area contributed by atoms with Gasteiger partial charge in [0.15, 0.2) is 0 Å². The van der Waals surface area contributed by atoms with Crippen LogP contribution in [0.4, 0.5) is 0 Å². The van der Waals surface area contributed by atoms with Gasteiger partial charge in [0.05, 0.1) is 0 Å². The van der Waals surface area contributed by atoms with Crippen LogP contribution < -0.4 is 5.32 Å². The van der Waals surface area contributed by atoms with E-state index in [4.69, 9.17) is 0 Å². The molecule has 1 heterocycles. The largest absolute Gasteiger partial charge is 0.312 e. The highest BCUT2D eigenvalue weighted by Crippen LogP contribution is 2.16. The van der Waals surface area contributed by atoms with Gasteiger partial charge in [0.1, 0.15) is 0 Å². The Morgan fingerprint density at radius 2 is 2.11 bits per heavy atom. The molecule has 100 valence electrons. The fraction of sp³-hybridized carbons (Fsp3) is 0.600. The van der Waals surface area contributed by atoms with Crippen molar-refractivity contribution in [1.82, 2.24) is 10.2 Å². The topological polar surface area (TPSA) is 15.3 Å². The first-order valence-corrected chi connectivity index (χ1v) is 7.89. The van der Waals surface area contributed by atoms with Crippen molar-refractivity contribution in [1.29, 1.82) is 0 Å². The Hall–Kier alpha value is -0.510. The maximum atomic E-state index is 3.67. The van der Waals surface area contributed by atoms with E-state index in [-0.39, 0.29) is 0 Å². The molecule has 0 amide bonds. The van der Waals surface area contributed by atoms with E-state index in [2.05, 4.69) is 54.4 Å². The molecule has 1 saturated heterocycles. The Bertz CT molecular complexity index is 340. The van der Waals surface area contributed by atoms with Gasteiger partial charge < -0.3 is 5.32 Å². The van der Waals surface area contributed by atoms with Gasteiger partial charge in [0.2, 0.25) is 0 Å². The zero-order valence-electron chi connectivity index (χ0n) is 11.4. The molecule has 2 rings (SSSR count). The summed E-state index contributed by atoms with van der Waals surface area (Å²) in [6.07, 6.45) is 1.30. The molecule has 0 saturated carbocycles. The molecular weight excluding hydrogens is 240 g/mol. The van der Waals surface area contributed by atoms with E-state index in [0.29, 0.717) is 12.1 Å². The zero-order chi connectivity index (χ0) is 12.8. The molecule has 1 unspecified atom stereocenters. The smallest absolute Gasteiger partial charge is 0.0207 e. The second-order valence-electron chi connectivity index (χ2n) is 5.19. The van der Waals surface area contributed by atoms with E-state index >= 15 is 0 Å². The third-order valence-electron chi connectivity index (χ3n) is 3.50. The first-order chi connectivity index (χ1) is 8.75. The van der Waals surface area contributed by atoms with Crippen LogP contribution in [0.2, 0.25) is 0 Å². The van der Waals surface area contributed by atoms with E-state index in [1.807, 2.05) is 11.8 Å². The Kier molecular flexibility index (Phi) is 5.54. The highest BCUT2D eigenvalue weighted by molar-refractivity contribution is 7.99. The molecule has 18 heavy (non-hydrogen) atoms. The molecule has 1 atom stereocenters. The molecule has 1 aliphatic rings. The molecule has 1 aliphatic heterocycles. The maximum Gasteiger partial charge on any atom is 0.0207 e. The Balaban J connectivity index is 1.59. The van der Waals surface area contributed by atoms with Crippen LogP contribution in [0.3, 0.4) is 0 Å². The van der Waals surface area contributed by atoms with Gasteiger partial charge in [-0.2, -0.15) is 0 Å². The van der Waals surface area contributed by atoms with Gasteiger partial charge in [-0.25, -0.2) is 0 Å². The van der Waals surface area contributed by atoms with Crippen molar-refractivity contribution in [2.45, 2.75) is 37.2 Å². The average Bonchev–Trinajstić information content (AvgIpc) is 2.85. The van der Waals surface area contributed by atoms with Gasteiger partial charge in [-0.15, -0.1) is 11.8 Å². The van der Waals surface area contributed by atoms with Crippen LogP contribution in [0, 0.1) is 0 Å². The molecule has 0 bridgehead atoms. The van der Waals surface area contributed by atoms with Crippen molar-refractivity contribution < 1.29 is 0 Å². The Labute approximate surface area is 115 Å². The molecule has 1 N–H and O–H groups in total. The standard InChI is InChI=1S/C15H24N2S/c1-13(2)17-10-8-14(12-17)16-9-11-18-15-6-4-3-5-7-15/h3-7,13-14,16H,8-12H2,1-2H3. The molecule has 0 radical (unpaired) electrons. The van der Waals surface area contributed by atoms with Crippen LogP contribution in [0.1, 0.15) is 20.3 Å². The number of hydrogen-bond donors (Lipinski definition) is 1. The predicted octanol–water partition coefficient (Wildman–Crippen LogP) is 2.85. The van der Waals surface area contributed by atoms with Crippen molar-refractivity contribution in [2.24, 2.45) is 0 Å². The predicted molar refractivity (Wildman–Crippen MR) is 80.3 cm³/mol. The fourth-order valence-corrected chi connectivity index (χ4v) is 3.18. The summed E-state index contributed by atoms with van der Waals surface area (Å²) in [5, 5.41) is 3.67. The maximum absolute atomic E-state index is 3.67. The highest BCUT2D eigenvalue weighted by Gasteiger charge is 2.23. The minimum Gasteiger partial charge on any atom is -0.312 e.